The summed E-state index contributed by atoms with van der Waals surface area (Å²) in [7, 11) is 1.63. The number of anilines is 2. The van der Waals surface area contributed by atoms with Crippen LogP contribution >= 0.6 is 0 Å². The number of hydrogen-bond donors (Lipinski definition) is 1. The molecule has 0 aliphatic heterocycles. The van der Waals surface area contributed by atoms with Gasteiger partial charge in [0, 0.05) is 42.5 Å². The number of amides is 1. The summed E-state index contributed by atoms with van der Waals surface area (Å²) in [6.45, 7) is 2.74. The average Bonchev–Trinajstić information content (AvgIpc) is 3.57. The van der Waals surface area contributed by atoms with Crippen molar-refractivity contribution >= 4 is 23.0 Å². The lowest BCUT2D eigenvalue weighted by Crippen LogP contribution is -2.40. The topological polar surface area (TPSA) is 84.7 Å². The highest BCUT2D eigenvalue weighted by molar-refractivity contribution is 5.94. The van der Waals surface area contributed by atoms with Crippen molar-refractivity contribution in [3.8, 4) is 5.75 Å². The number of methoxy groups -OCH3 is 1. The predicted molar refractivity (Wildman–Crippen MR) is 113 cm³/mol. The van der Waals surface area contributed by atoms with Gasteiger partial charge < -0.3 is 15.0 Å². The molecule has 0 bridgehead atoms. The molecule has 1 aliphatic rings. The SMILES string of the molecule is COc1ccc(N(C(=O)CCCNc2ccc([N+](=O)[O-])cc2)C(C)C2CC2)cc1. The quantitative estimate of drug-likeness (QED) is 0.359. The summed E-state index contributed by atoms with van der Waals surface area (Å²) in [6.07, 6.45) is 3.45. The standard InChI is InChI=1S/C22H27N3O4/c1-16(17-5-6-17)24(19-11-13-21(29-2)14-12-19)22(26)4-3-15-23-18-7-9-20(10-8-18)25(27)28/h7-14,16-17,23H,3-6,15H2,1-2H3. The Morgan fingerprint density at radius 3 is 2.41 bits per heavy atom. The van der Waals surface area contributed by atoms with Crippen molar-refractivity contribution < 1.29 is 14.5 Å². The van der Waals surface area contributed by atoms with Gasteiger partial charge in [-0.3, -0.25) is 14.9 Å². The number of nitrogens with zero attached hydrogens (tertiary/aromatic N) is 2. The molecular formula is C22H27N3O4. The monoisotopic (exact) mass is 397 g/mol. The maximum absolute atomic E-state index is 13.0. The van der Waals surface area contributed by atoms with Crippen LogP contribution in [-0.4, -0.2) is 30.5 Å². The Morgan fingerprint density at radius 2 is 1.86 bits per heavy atom. The minimum atomic E-state index is -0.419. The van der Waals surface area contributed by atoms with Gasteiger partial charge in [0.2, 0.25) is 5.91 Å². The molecule has 7 nitrogen and oxygen atoms in total. The van der Waals surface area contributed by atoms with Crippen LogP contribution < -0.4 is 15.0 Å². The predicted octanol–water partition coefficient (Wildman–Crippen LogP) is 4.63. The second kappa shape index (κ2) is 9.41. The summed E-state index contributed by atoms with van der Waals surface area (Å²) in [5.41, 5.74) is 1.77. The minimum Gasteiger partial charge on any atom is -0.497 e. The van der Waals surface area contributed by atoms with Crippen LogP contribution in [0.25, 0.3) is 0 Å². The van der Waals surface area contributed by atoms with E-state index in [1.165, 1.54) is 25.0 Å². The van der Waals surface area contributed by atoms with E-state index < -0.39 is 4.92 Å². The number of nitrogens with one attached hydrogen (secondary N) is 1. The highest BCUT2D eigenvalue weighted by atomic mass is 16.6. The fourth-order valence-corrected chi connectivity index (χ4v) is 3.43. The smallest absolute Gasteiger partial charge is 0.269 e. The Balaban J connectivity index is 1.55. The highest BCUT2D eigenvalue weighted by Crippen LogP contribution is 2.37. The normalized spacial score (nSPS) is 14.1. The Hall–Kier alpha value is -3.09. The molecule has 1 unspecified atom stereocenters. The van der Waals surface area contributed by atoms with Crippen LogP contribution in [0.3, 0.4) is 0 Å². The Kier molecular flexibility index (Phi) is 6.69. The summed E-state index contributed by atoms with van der Waals surface area (Å²) in [5, 5.41) is 13.9. The lowest BCUT2D eigenvalue weighted by atomic mass is 10.1. The number of hydrogen-bond acceptors (Lipinski definition) is 5. The summed E-state index contributed by atoms with van der Waals surface area (Å²) in [6, 6.07) is 14.1. The lowest BCUT2D eigenvalue weighted by Gasteiger charge is -2.30. The van der Waals surface area contributed by atoms with Crippen molar-refractivity contribution in [1.29, 1.82) is 0 Å². The second-order valence-electron chi connectivity index (χ2n) is 7.37. The fraction of sp³-hybridized carbons (Fsp3) is 0.409. The molecule has 0 aromatic heterocycles. The molecule has 29 heavy (non-hydrogen) atoms. The molecular weight excluding hydrogens is 370 g/mol. The number of carbonyl (C=O) groups is 1. The molecule has 1 atom stereocenters. The van der Waals surface area contributed by atoms with E-state index in [1.54, 1.807) is 19.2 Å². The Labute approximate surface area is 170 Å². The average molecular weight is 397 g/mol. The Morgan fingerprint density at radius 1 is 1.21 bits per heavy atom. The molecule has 0 heterocycles. The summed E-state index contributed by atoms with van der Waals surface area (Å²) in [4.78, 5) is 25.2. The van der Waals surface area contributed by atoms with E-state index in [-0.39, 0.29) is 17.6 Å². The number of rotatable bonds is 10. The van der Waals surface area contributed by atoms with Crippen LogP contribution in [0.4, 0.5) is 17.1 Å². The van der Waals surface area contributed by atoms with E-state index in [0.29, 0.717) is 25.3 Å². The van der Waals surface area contributed by atoms with Gasteiger partial charge >= 0.3 is 0 Å². The molecule has 2 aromatic carbocycles. The van der Waals surface area contributed by atoms with E-state index in [0.717, 1.165) is 17.1 Å². The van der Waals surface area contributed by atoms with E-state index >= 15 is 0 Å². The molecule has 0 radical (unpaired) electrons. The van der Waals surface area contributed by atoms with Crippen molar-refractivity contribution in [3.63, 3.8) is 0 Å². The number of nitro benzene ring substituents is 1. The first kappa shape index (κ1) is 20.6. The van der Waals surface area contributed by atoms with Gasteiger partial charge in [-0.25, -0.2) is 0 Å². The molecule has 1 aliphatic carbocycles. The van der Waals surface area contributed by atoms with Gasteiger partial charge in [0.25, 0.3) is 5.69 Å². The van der Waals surface area contributed by atoms with Crippen LogP contribution in [0.5, 0.6) is 5.75 Å². The van der Waals surface area contributed by atoms with Crippen molar-refractivity contribution in [1.82, 2.24) is 0 Å². The molecule has 0 spiro atoms. The van der Waals surface area contributed by atoms with Gasteiger partial charge in [0.1, 0.15) is 5.75 Å². The van der Waals surface area contributed by atoms with Gasteiger partial charge in [-0.2, -0.15) is 0 Å². The van der Waals surface area contributed by atoms with Gasteiger partial charge in [-0.1, -0.05) is 0 Å². The first-order chi connectivity index (χ1) is 14.0. The molecule has 0 saturated heterocycles. The van der Waals surface area contributed by atoms with Crippen molar-refractivity contribution in [2.45, 2.75) is 38.6 Å². The van der Waals surface area contributed by atoms with Crippen LogP contribution in [0.15, 0.2) is 48.5 Å². The highest BCUT2D eigenvalue weighted by Gasteiger charge is 2.34. The largest absolute Gasteiger partial charge is 0.497 e. The first-order valence-electron chi connectivity index (χ1n) is 9.94. The second-order valence-corrected chi connectivity index (χ2v) is 7.37. The van der Waals surface area contributed by atoms with Crippen molar-refractivity contribution in [2.75, 3.05) is 23.9 Å². The number of carbonyl (C=O) groups excluding carboxylic acids is 1. The molecule has 154 valence electrons. The molecule has 1 N–H and O–H groups in total. The molecule has 7 heteroatoms. The van der Waals surface area contributed by atoms with E-state index in [1.807, 2.05) is 29.2 Å². The van der Waals surface area contributed by atoms with Crippen molar-refractivity contribution in [2.24, 2.45) is 5.92 Å². The molecule has 2 aromatic rings. The number of non-ortho nitro benzene ring substituents is 1. The number of ether oxygens (including phenoxy) is 1. The number of nitro groups is 1. The third-order valence-electron chi connectivity index (χ3n) is 5.31. The minimum absolute atomic E-state index is 0.0647. The van der Waals surface area contributed by atoms with Gasteiger partial charge in [-0.05, 0) is 68.5 Å². The molecule has 1 amide bonds. The first-order valence-corrected chi connectivity index (χ1v) is 9.94. The zero-order valence-corrected chi connectivity index (χ0v) is 16.8. The van der Waals surface area contributed by atoms with Gasteiger partial charge in [0.15, 0.2) is 0 Å². The third kappa shape index (κ3) is 5.47. The fourth-order valence-electron chi connectivity index (χ4n) is 3.43. The number of benzene rings is 2. The lowest BCUT2D eigenvalue weighted by molar-refractivity contribution is -0.384. The molecule has 1 saturated carbocycles. The third-order valence-corrected chi connectivity index (χ3v) is 5.31. The summed E-state index contributed by atoms with van der Waals surface area (Å²) < 4.78 is 5.22. The van der Waals surface area contributed by atoms with Crippen LogP contribution in [0.2, 0.25) is 0 Å². The zero-order chi connectivity index (χ0) is 20.8. The van der Waals surface area contributed by atoms with E-state index in [9.17, 15) is 14.9 Å². The molecule has 3 rings (SSSR count). The van der Waals surface area contributed by atoms with E-state index in [4.69, 9.17) is 4.74 Å². The summed E-state index contributed by atoms with van der Waals surface area (Å²) in [5.74, 6) is 1.45. The van der Waals surface area contributed by atoms with Crippen LogP contribution in [0.1, 0.15) is 32.6 Å². The van der Waals surface area contributed by atoms with Crippen LogP contribution in [-0.2, 0) is 4.79 Å². The maximum Gasteiger partial charge on any atom is 0.269 e. The summed E-state index contributed by atoms with van der Waals surface area (Å²) >= 11 is 0. The Bertz CT molecular complexity index is 832. The van der Waals surface area contributed by atoms with Crippen molar-refractivity contribution in [3.05, 3.63) is 58.6 Å². The van der Waals surface area contributed by atoms with E-state index in [2.05, 4.69) is 12.2 Å². The van der Waals surface area contributed by atoms with Crippen LogP contribution in [0, 0.1) is 16.0 Å². The van der Waals surface area contributed by atoms with Gasteiger partial charge in [-0.15, -0.1) is 0 Å². The van der Waals surface area contributed by atoms with Gasteiger partial charge in [0.05, 0.1) is 12.0 Å². The zero-order valence-electron chi connectivity index (χ0n) is 16.8. The molecule has 1 fully saturated rings. The maximum atomic E-state index is 13.0.